The maximum absolute atomic E-state index is 15.7. The molecule has 11 rings (SSSR count). The highest BCUT2D eigenvalue weighted by atomic mass is 19.1. The Labute approximate surface area is 686 Å². The number of nitrogens with one attached hydrogen (secondary N) is 5. The van der Waals surface area contributed by atoms with Gasteiger partial charge in [-0.1, -0.05) is 145 Å². The molecule has 0 fully saturated rings. The lowest BCUT2D eigenvalue weighted by molar-refractivity contribution is -0.172. The van der Waals surface area contributed by atoms with Crippen LogP contribution in [0.15, 0.2) is 156 Å². The Morgan fingerprint density at radius 3 is 1.81 bits per heavy atom. The molecule has 3 aliphatic rings. The highest BCUT2D eigenvalue weighted by Gasteiger charge is 2.46. The summed E-state index contributed by atoms with van der Waals surface area (Å²) in [5.41, 5.74) is 15.6. The third-order valence-corrected chi connectivity index (χ3v) is 21.2. The maximum Gasteiger partial charge on any atom is 0.407 e. The van der Waals surface area contributed by atoms with Crippen molar-refractivity contribution in [2.75, 3.05) is 137 Å². The first-order chi connectivity index (χ1) is 57.5. The number of rotatable bonds is 50. The van der Waals surface area contributed by atoms with E-state index >= 15 is 4.39 Å². The number of ether oxygens (including phenoxy) is 11. The fourth-order valence-electron chi connectivity index (χ4n) is 15.0. The Morgan fingerprint density at radius 1 is 0.661 bits per heavy atom. The number of unbranched alkanes of at least 4 members (excludes halogenated alkanes) is 1. The van der Waals surface area contributed by atoms with E-state index in [4.69, 9.17) is 62.6 Å². The van der Waals surface area contributed by atoms with Gasteiger partial charge in [-0.05, 0) is 134 Å². The predicted molar refractivity (Wildman–Crippen MR) is 439 cm³/mol. The Kier molecular flexibility index (Phi) is 33.7. The monoisotopic (exact) mass is 1620 g/mol. The van der Waals surface area contributed by atoms with Crippen LogP contribution in [0.2, 0.25) is 0 Å². The summed E-state index contributed by atoms with van der Waals surface area (Å²) in [6.07, 6.45) is 1.37. The second-order valence-corrected chi connectivity index (χ2v) is 29.1. The zero-order valence-corrected chi connectivity index (χ0v) is 67.5. The summed E-state index contributed by atoms with van der Waals surface area (Å²) < 4.78 is 78.4. The summed E-state index contributed by atoms with van der Waals surface area (Å²) in [5, 5.41) is 31.7. The van der Waals surface area contributed by atoms with Crippen molar-refractivity contribution in [3.63, 3.8) is 0 Å². The van der Waals surface area contributed by atoms with Gasteiger partial charge in [-0.15, -0.1) is 0 Å². The maximum atomic E-state index is 15.7. The fraction of sp³-hybridized carbons (Fsp3) is 0.449. The van der Waals surface area contributed by atoms with E-state index in [0.717, 1.165) is 33.4 Å². The molecule has 2 aliphatic heterocycles. The number of halogens is 1. The lowest BCUT2D eigenvalue weighted by Crippen LogP contribution is -2.53. The van der Waals surface area contributed by atoms with E-state index in [-0.39, 0.29) is 76.4 Å². The number of carbonyl (C=O) groups is 5. The van der Waals surface area contributed by atoms with Gasteiger partial charge >= 0.3 is 12.1 Å². The van der Waals surface area contributed by atoms with Gasteiger partial charge < -0.3 is 83.0 Å². The molecular weight excluding hydrogens is 1520 g/mol. The molecule has 4 atom stereocenters. The molecule has 0 saturated carbocycles. The molecule has 8 aromatic rings. The number of esters is 1. The van der Waals surface area contributed by atoms with Crippen molar-refractivity contribution < 1.29 is 85.6 Å². The lowest BCUT2D eigenvalue weighted by atomic mass is 9.76. The molecule has 0 radical (unpaired) electrons. The molecule has 0 bridgehead atoms. The minimum Gasteiger partial charge on any atom is -0.458 e. The molecule has 0 unspecified atom stereocenters. The third kappa shape index (κ3) is 23.5. The second-order valence-electron chi connectivity index (χ2n) is 29.1. The minimum absolute atomic E-state index is 0.0452. The van der Waals surface area contributed by atoms with Crippen molar-refractivity contribution in [2.45, 2.75) is 128 Å². The summed E-state index contributed by atoms with van der Waals surface area (Å²) in [5.74, 6) is -2.78. The fourth-order valence-corrected chi connectivity index (χ4v) is 15.0. The molecule has 6 N–H and O–H groups in total. The van der Waals surface area contributed by atoms with Gasteiger partial charge in [-0.2, -0.15) is 0 Å². The second kappa shape index (κ2) is 45.0. The number of amides is 4. The van der Waals surface area contributed by atoms with Crippen molar-refractivity contribution in [1.82, 2.24) is 30.8 Å². The van der Waals surface area contributed by atoms with Crippen LogP contribution in [0.5, 0.6) is 0 Å². The first-order valence-corrected chi connectivity index (χ1v) is 40.4. The average molecular weight is 1620 g/mol. The summed E-state index contributed by atoms with van der Waals surface area (Å²) >= 11 is 0. The van der Waals surface area contributed by atoms with E-state index in [2.05, 4.69) is 92.1 Å². The number of anilines is 1. The molecule has 29 heteroatoms. The summed E-state index contributed by atoms with van der Waals surface area (Å²) in [7, 11) is 0. The molecule has 28 nitrogen and oxygen atoms in total. The number of hydrogen-bond donors (Lipinski definition) is 6. The Morgan fingerprint density at radius 2 is 1.23 bits per heavy atom. The molecule has 4 amide bonds. The van der Waals surface area contributed by atoms with Crippen molar-refractivity contribution >= 4 is 46.4 Å². The number of aliphatic hydroxyl groups is 1. The SMILES string of the molecule is CC[C@@]1(O)C(=O)OCc2c1cc1n(c2=O)Cc2c-1nc1cc(F)c(C)c3c1c2[C@@H](NC(=O)OCc1ccc(NC(=O)[C@H](CCCCNC(c2ccccc2)(c2ccccc2)c2ccc(C)cc2)NC(=O)[C@H](Cc2ccccc2)NC(=O)CCOCCOCCOCCOCCOCCOCCOCCOCCOCCN=[N+]=[N-])c(C)c1)CC3. The highest BCUT2D eigenvalue weighted by Crippen LogP contribution is 2.46. The van der Waals surface area contributed by atoms with Crippen molar-refractivity contribution in [2.24, 2.45) is 5.11 Å². The number of aromatic nitrogens is 2. The van der Waals surface area contributed by atoms with Crippen LogP contribution in [0.1, 0.15) is 124 Å². The molecule has 2 aromatic heterocycles. The van der Waals surface area contributed by atoms with Crippen LogP contribution >= 0.6 is 0 Å². The molecule has 118 heavy (non-hydrogen) atoms. The molecule has 4 heterocycles. The number of cyclic esters (lactones) is 1. The number of pyridine rings is 2. The van der Waals surface area contributed by atoms with Crippen LogP contribution in [0.25, 0.3) is 32.7 Å². The van der Waals surface area contributed by atoms with E-state index in [0.29, 0.717) is 194 Å². The van der Waals surface area contributed by atoms with E-state index in [9.17, 15) is 33.9 Å². The van der Waals surface area contributed by atoms with Crippen LogP contribution in [0.3, 0.4) is 0 Å². The number of carbonyl (C=O) groups excluding carboxylic acids is 5. The summed E-state index contributed by atoms with van der Waals surface area (Å²) in [4.78, 5) is 92.5. The average Bonchev–Trinajstić information content (AvgIpc) is 1.52. The predicted octanol–water partition coefficient (Wildman–Crippen LogP) is 10.8. The summed E-state index contributed by atoms with van der Waals surface area (Å²) in [6.45, 7) is 14.2. The highest BCUT2D eigenvalue weighted by molar-refractivity contribution is 5.99. The first kappa shape index (κ1) is 88.4. The third-order valence-electron chi connectivity index (χ3n) is 21.2. The van der Waals surface area contributed by atoms with Gasteiger partial charge in [0.05, 0.1) is 160 Å². The Bertz CT molecular complexity index is 4730. The Hall–Kier alpha value is -10.4. The quantitative estimate of drug-likeness (QED) is 0.00515. The molecule has 0 saturated heterocycles. The number of fused-ring (bicyclic) bond motifs is 5. The summed E-state index contributed by atoms with van der Waals surface area (Å²) in [6, 6.07) is 43.7. The number of benzene rings is 6. The van der Waals surface area contributed by atoms with E-state index in [1.54, 1.807) is 38.1 Å². The van der Waals surface area contributed by atoms with Crippen molar-refractivity contribution in [1.29, 1.82) is 0 Å². The van der Waals surface area contributed by atoms with Crippen molar-refractivity contribution in [3.8, 4) is 11.4 Å². The van der Waals surface area contributed by atoms with Crippen LogP contribution in [-0.4, -0.2) is 189 Å². The van der Waals surface area contributed by atoms with Gasteiger partial charge in [0.1, 0.15) is 31.1 Å². The van der Waals surface area contributed by atoms with Gasteiger partial charge in [0.2, 0.25) is 17.7 Å². The van der Waals surface area contributed by atoms with E-state index in [1.165, 1.54) is 10.6 Å². The zero-order chi connectivity index (χ0) is 83.1. The van der Waals surface area contributed by atoms with Gasteiger partial charge in [-0.25, -0.2) is 19.0 Å². The first-order valence-electron chi connectivity index (χ1n) is 40.4. The van der Waals surface area contributed by atoms with Gasteiger partial charge in [-0.3, -0.25) is 24.5 Å². The van der Waals surface area contributed by atoms with Crippen LogP contribution in [0.4, 0.5) is 14.9 Å². The van der Waals surface area contributed by atoms with E-state index in [1.807, 2.05) is 73.7 Å². The van der Waals surface area contributed by atoms with Crippen LogP contribution < -0.4 is 32.1 Å². The molecule has 6 aromatic carbocycles. The number of hydrogen-bond acceptors (Lipinski definition) is 21. The normalized spacial score (nSPS) is 15.1. The zero-order valence-electron chi connectivity index (χ0n) is 67.5. The standard InChI is InChI=1S/C89H107FN10O18/c1-5-88(107)71-55-78-82-69(57-100(78)85(104)70(71)59-117-86(88)105)81-74(31-29-68-62(4)72(90)56-76(95-82)80(68)81)98-87(106)118-58-64-26-30-73(61(3)53-64)96-83(102)75(23-15-16-33-92-89(65-19-11-7-12-20-65,66-21-13-8-14-22-66)67-27-24-60(2)25-28-67)97-84(103)77(54-63-17-9-6-10-18-63)94-79(101)32-35-108-37-39-110-41-43-112-45-47-114-49-51-116-52-50-115-48-46-113-44-42-111-40-38-109-36-34-93-99-91/h6-14,17-22,24-28,30,53,55-56,74-75,77,92,107H,5,15-16,23,29,31-52,54,57-59H2,1-4H3,(H,94,101)(H,96,102)(H,97,103)(H,98,106)/t74-,75-,77-,88-/m0/s1. The van der Waals surface area contributed by atoms with Gasteiger partial charge in [0.15, 0.2) is 5.60 Å². The largest absolute Gasteiger partial charge is 0.458 e. The minimum atomic E-state index is -2.06. The van der Waals surface area contributed by atoms with Gasteiger partial charge in [0, 0.05) is 52.6 Å². The number of aryl methyl sites for hydroxylation is 3. The molecule has 628 valence electrons. The Balaban J connectivity index is 0.675. The lowest BCUT2D eigenvalue weighted by Gasteiger charge is -2.37. The molecular formula is C89H107FN10O18. The smallest absolute Gasteiger partial charge is 0.407 e. The number of nitrogens with zero attached hydrogens (tertiary/aromatic N) is 5. The van der Waals surface area contributed by atoms with E-state index < -0.39 is 70.4 Å². The van der Waals surface area contributed by atoms with Crippen LogP contribution in [-0.2, 0) is 115 Å². The topological polar surface area (TPSA) is 351 Å². The molecule has 1 aliphatic carbocycles. The van der Waals surface area contributed by atoms with Crippen molar-refractivity contribution in [3.05, 3.63) is 245 Å². The van der Waals surface area contributed by atoms with Crippen LogP contribution in [0, 0.1) is 26.6 Å². The molecule has 0 spiro atoms. The number of azide groups is 1. The van der Waals surface area contributed by atoms with Gasteiger partial charge in [0.25, 0.3) is 5.56 Å². The number of alkyl carbamates (subject to hydrolysis) is 1.